The van der Waals surface area contributed by atoms with Crippen LogP contribution in [0.5, 0.6) is 0 Å². The lowest BCUT2D eigenvalue weighted by Crippen LogP contribution is -2.74. The lowest BCUT2D eigenvalue weighted by Gasteiger charge is -2.43. The molecule has 0 amide bonds. The molecule has 65 heavy (non-hydrogen) atoms. The maximum atomic E-state index is 14.5. The Labute approximate surface area is 359 Å². The van der Waals surface area contributed by atoms with Crippen LogP contribution in [0.25, 0.3) is 0 Å². The second-order valence-corrected chi connectivity index (χ2v) is 16.3. The summed E-state index contributed by atoms with van der Waals surface area (Å²) in [6.07, 6.45) is -23.6. The van der Waals surface area contributed by atoms with Crippen LogP contribution in [0.4, 0.5) is 158 Å². The minimum absolute atomic E-state index is 1.02. The highest BCUT2D eigenvalue weighted by molar-refractivity contribution is 9.09. The Morgan fingerprint density at radius 1 is 0.277 bits per heavy atom. The zero-order valence-electron chi connectivity index (χ0n) is 29.1. The lowest BCUT2D eigenvalue weighted by atomic mass is 9.88. The van der Waals surface area contributed by atoms with Gasteiger partial charge in [-0.25, -0.2) is 8.78 Å². The Morgan fingerprint density at radius 2 is 0.446 bits per heavy atom. The third-order valence-electron chi connectivity index (χ3n) is 8.12. The summed E-state index contributed by atoms with van der Waals surface area (Å²) in [5, 5.41) is -2.04. The van der Waals surface area contributed by atoms with Crippen molar-refractivity contribution in [1.29, 1.82) is 0 Å². The highest BCUT2D eigenvalue weighted by atomic mass is 79.9. The zero-order chi connectivity index (χ0) is 53.3. The van der Waals surface area contributed by atoms with Gasteiger partial charge < -0.3 is 0 Å². The third-order valence-corrected chi connectivity index (χ3v) is 13.1. The molecule has 0 N–H and O–H groups in total. The summed E-state index contributed by atoms with van der Waals surface area (Å²) in [7, 11) is 0. The summed E-state index contributed by atoms with van der Waals surface area (Å²) in [6.45, 7) is 0. The normalized spacial score (nSPS) is 17.4. The molecule has 2 atom stereocenters. The topological polar surface area (TPSA) is 0 Å². The average molecular weight is 1220 g/mol. The molecular weight excluding hydrogens is 1210 g/mol. The van der Waals surface area contributed by atoms with Crippen LogP contribution in [0, 0.1) is 5.41 Å². The molecule has 0 aliphatic carbocycles. The van der Waals surface area contributed by atoms with E-state index in [4.69, 9.17) is 0 Å². The van der Waals surface area contributed by atoms with E-state index in [1.54, 1.807) is 0 Å². The molecule has 0 rings (SSSR count). The fraction of sp³-hybridized carbons (Fsp3) is 1.00. The lowest BCUT2D eigenvalue weighted by molar-refractivity contribution is -0.462. The molecule has 0 saturated heterocycles. The van der Waals surface area contributed by atoms with E-state index in [0.29, 0.717) is 0 Å². The largest absolute Gasteiger partial charge is 0.460 e. The molecular formula is C25H14Br2F36S2. The number of thioether (sulfide) groups is 2. The Hall–Kier alpha value is -0.860. The highest BCUT2D eigenvalue weighted by Gasteiger charge is 2.97. The van der Waals surface area contributed by atoms with Crippen molar-refractivity contribution in [3.8, 4) is 0 Å². The second-order valence-electron chi connectivity index (χ2n) is 12.9. The van der Waals surface area contributed by atoms with Crippen molar-refractivity contribution in [3.63, 3.8) is 0 Å². The van der Waals surface area contributed by atoms with Crippen molar-refractivity contribution >= 4 is 55.4 Å². The van der Waals surface area contributed by atoms with Crippen LogP contribution in [0.3, 0.4) is 0 Å². The minimum Gasteiger partial charge on any atom is -0.235 e. The van der Waals surface area contributed by atoms with E-state index in [0.717, 1.165) is 0 Å². The fourth-order valence-electron chi connectivity index (χ4n) is 3.94. The molecule has 0 aliphatic rings. The van der Waals surface area contributed by atoms with Crippen molar-refractivity contribution in [3.05, 3.63) is 0 Å². The second kappa shape index (κ2) is 18.4. The highest BCUT2D eigenvalue weighted by Crippen LogP contribution is 2.66. The van der Waals surface area contributed by atoms with E-state index in [9.17, 15) is 158 Å². The van der Waals surface area contributed by atoms with Gasteiger partial charge >= 0.3 is 95.3 Å². The van der Waals surface area contributed by atoms with Crippen molar-refractivity contribution < 1.29 is 158 Å². The Morgan fingerprint density at radius 3 is 0.615 bits per heavy atom. The first kappa shape index (κ1) is 64.1. The fourth-order valence-corrected chi connectivity index (χ4v) is 9.17. The number of hydrogen-bond acceptors (Lipinski definition) is 2. The molecule has 0 bridgehead atoms. The van der Waals surface area contributed by atoms with Crippen molar-refractivity contribution in [2.24, 2.45) is 5.41 Å². The monoisotopic (exact) mass is 1220 g/mol. The van der Waals surface area contributed by atoms with Crippen molar-refractivity contribution in [2.45, 2.75) is 119 Å². The number of hydrogen-bond donors (Lipinski definition) is 0. The Bertz CT molecular complexity index is 1480. The van der Waals surface area contributed by atoms with E-state index >= 15 is 0 Å². The van der Waals surface area contributed by atoms with E-state index in [2.05, 4.69) is 31.9 Å². The predicted molar refractivity (Wildman–Crippen MR) is 155 cm³/mol. The van der Waals surface area contributed by atoms with Gasteiger partial charge in [0.15, 0.2) is 11.0 Å². The van der Waals surface area contributed by atoms with Gasteiger partial charge in [0.25, 0.3) is 0 Å². The SMILES string of the molecule is FC(CC(F)(F)C(F)(F)C(F)(F)C(F)(F)C(F)(F)C(F)(F)C(F)(F)C(F)(F)F)SCC(CBr)(CBr)CSC(F)CC(F)(F)C(F)(F)C(F)(F)C(F)(F)C(F)(F)C(F)(F)C(F)(F)C(F)(F)F. The van der Waals surface area contributed by atoms with Gasteiger partial charge in [-0.05, 0) is 0 Å². The van der Waals surface area contributed by atoms with Crippen LogP contribution in [-0.2, 0) is 0 Å². The summed E-state index contributed by atoms with van der Waals surface area (Å²) in [5.41, 5.74) is -10.5. The van der Waals surface area contributed by atoms with Gasteiger partial charge in [0.2, 0.25) is 0 Å². The van der Waals surface area contributed by atoms with Crippen LogP contribution in [-0.4, -0.2) is 128 Å². The molecule has 0 aromatic rings. The van der Waals surface area contributed by atoms with Crippen LogP contribution >= 0.6 is 55.4 Å². The summed E-state index contributed by atoms with van der Waals surface area (Å²) < 4.78 is 486. The number of alkyl halides is 38. The molecule has 392 valence electrons. The first-order valence-electron chi connectivity index (χ1n) is 14.9. The Balaban J connectivity index is 6.44. The zero-order valence-corrected chi connectivity index (χ0v) is 33.9. The molecule has 2 unspecified atom stereocenters. The molecule has 0 aromatic carbocycles. The minimum atomic E-state index is -9.04. The summed E-state index contributed by atoms with van der Waals surface area (Å²) in [5.74, 6) is -123. The van der Waals surface area contributed by atoms with Crippen LogP contribution < -0.4 is 0 Å². The quantitative estimate of drug-likeness (QED) is 0.0698. The van der Waals surface area contributed by atoms with E-state index in [-0.39, 0.29) is 0 Å². The number of rotatable bonds is 24. The van der Waals surface area contributed by atoms with Crippen LogP contribution in [0.15, 0.2) is 0 Å². The number of halogens is 38. The molecule has 0 aliphatic heterocycles. The summed E-state index contributed by atoms with van der Waals surface area (Å²) >= 11 is 2.81. The van der Waals surface area contributed by atoms with Crippen LogP contribution in [0.2, 0.25) is 0 Å². The van der Waals surface area contributed by atoms with E-state index in [1.165, 1.54) is 0 Å². The molecule has 40 heteroatoms. The average Bonchev–Trinajstić information content (AvgIpc) is 3.09. The summed E-state index contributed by atoms with van der Waals surface area (Å²) in [4.78, 5) is 0. The predicted octanol–water partition coefficient (Wildman–Crippen LogP) is 15.6. The van der Waals surface area contributed by atoms with E-state index < -0.39 is 170 Å². The van der Waals surface area contributed by atoms with Gasteiger partial charge in [0.05, 0.1) is 12.8 Å². The van der Waals surface area contributed by atoms with Gasteiger partial charge in [0.1, 0.15) is 0 Å². The third kappa shape index (κ3) is 10.1. The maximum absolute atomic E-state index is 14.5. The van der Waals surface area contributed by atoms with Crippen molar-refractivity contribution in [1.82, 2.24) is 0 Å². The van der Waals surface area contributed by atoms with Gasteiger partial charge in [0, 0.05) is 27.6 Å². The standard InChI is InChI=1S/C25H14Br2F36S2/c26-3-9(4-27,5-64-7(28)1-10(30,31)12(34,35)14(38,39)16(42,43)18(46,47)20(50,51)22(54,55)24(58,59)60)6-65-8(29)2-11(32,33)13(36,37)15(40,41)17(44,45)19(48,49)21(52,53)23(56,57)25(61,62)63/h7-8H,1-6H2. The van der Waals surface area contributed by atoms with Crippen LogP contribution in [0.1, 0.15) is 12.8 Å². The first-order valence-corrected chi connectivity index (χ1v) is 19.2. The molecule has 0 saturated carbocycles. The molecule has 0 heterocycles. The molecule has 0 fully saturated rings. The molecule has 0 aromatic heterocycles. The van der Waals surface area contributed by atoms with Gasteiger partial charge in [-0.2, -0.15) is 149 Å². The smallest absolute Gasteiger partial charge is 0.235 e. The van der Waals surface area contributed by atoms with Gasteiger partial charge in [-0.3, -0.25) is 0 Å². The molecule has 0 nitrogen and oxygen atoms in total. The van der Waals surface area contributed by atoms with Gasteiger partial charge in [-0.1, -0.05) is 31.9 Å². The first-order chi connectivity index (χ1) is 27.8. The molecule has 0 spiro atoms. The van der Waals surface area contributed by atoms with E-state index in [1.807, 2.05) is 0 Å². The van der Waals surface area contributed by atoms with Crippen molar-refractivity contribution in [2.75, 3.05) is 22.2 Å². The molecule has 0 radical (unpaired) electrons. The van der Waals surface area contributed by atoms with Gasteiger partial charge in [-0.15, -0.1) is 23.5 Å². The summed E-state index contributed by atoms with van der Waals surface area (Å²) in [6, 6.07) is 0. The Kier molecular flexibility index (Phi) is 18.1. The maximum Gasteiger partial charge on any atom is 0.460 e.